The molecule has 0 aliphatic carbocycles. The summed E-state index contributed by atoms with van der Waals surface area (Å²) in [7, 11) is 0. The minimum atomic E-state index is -0.860. The molecule has 2 saturated heterocycles. The Kier molecular flexibility index (Phi) is 10.6. The molecule has 181 valence electrons. The summed E-state index contributed by atoms with van der Waals surface area (Å²) in [5.74, 6) is -1.19. The predicted molar refractivity (Wildman–Crippen MR) is 119 cm³/mol. The highest BCUT2D eigenvalue weighted by atomic mass is 32.2. The summed E-state index contributed by atoms with van der Waals surface area (Å²) < 4.78 is 19.8. The van der Waals surface area contributed by atoms with E-state index in [1.807, 2.05) is 0 Å². The molecular weight excluding hydrogens is 452 g/mol. The van der Waals surface area contributed by atoms with Crippen LogP contribution in [0.25, 0.3) is 0 Å². The third-order valence-corrected chi connectivity index (χ3v) is 6.66. The lowest BCUT2D eigenvalue weighted by molar-refractivity contribution is -0.158. The Morgan fingerprint density at radius 2 is 1.91 bits per heavy atom. The fourth-order valence-corrected chi connectivity index (χ4v) is 5.24. The molecule has 2 aliphatic rings. The lowest BCUT2D eigenvalue weighted by atomic mass is 9.90. The van der Waals surface area contributed by atoms with Gasteiger partial charge < -0.3 is 29.2 Å². The number of fused-ring (bicyclic) bond motifs is 1. The number of rotatable bonds is 13. The van der Waals surface area contributed by atoms with Crippen molar-refractivity contribution < 1.29 is 38.1 Å². The summed E-state index contributed by atoms with van der Waals surface area (Å²) in [6.45, 7) is 17.2. The molecule has 33 heavy (non-hydrogen) atoms. The van der Waals surface area contributed by atoms with E-state index in [9.17, 15) is 19.2 Å². The first-order valence-corrected chi connectivity index (χ1v) is 11.5. The zero-order chi connectivity index (χ0) is 24.4. The number of amides is 2. The van der Waals surface area contributed by atoms with Gasteiger partial charge in [-0.05, 0) is 19.8 Å². The second-order valence-corrected chi connectivity index (χ2v) is 8.74. The van der Waals surface area contributed by atoms with Crippen LogP contribution in [0.5, 0.6) is 0 Å². The van der Waals surface area contributed by atoms with E-state index in [1.165, 1.54) is 28.8 Å². The number of nitrogens with zero attached hydrogens (tertiary/aromatic N) is 1. The van der Waals surface area contributed by atoms with Gasteiger partial charge in [0.2, 0.25) is 5.91 Å². The van der Waals surface area contributed by atoms with E-state index >= 15 is 0 Å². The van der Waals surface area contributed by atoms with Crippen molar-refractivity contribution in [2.75, 3.05) is 26.4 Å². The zero-order valence-electron chi connectivity index (χ0n) is 18.5. The molecule has 2 heterocycles. The number of nitrogens with one attached hydrogen (secondary N) is 1. The van der Waals surface area contributed by atoms with Crippen LogP contribution in [0.4, 0.5) is 9.59 Å². The fourth-order valence-electron chi connectivity index (χ4n) is 3.43. The van der Waals surface area contributed by atoms with Crippen LogP contribution in [0, 0.1) is 12.8 Å². The Balaban J connectivity index is 1.66. The van der Waals surface area contributed by atoms with Crippen LogP contribution in [-0.2, 0) is 28.5 Å². The molecule has 10 nitrogen and oxygen atoms in total. The highest BCUT2D eigenvalue weighted by Gasteiger charge is 2.59. The Labute approximate surface area is 198 Å². The summed E-state index contributed by atoms with van der Waals surface area (Å²) in [5, 5.41) is 2.06. The monoisotopic (exact) mass is 481 g/mol. The Bertz CT molecular complexity index is 746. The second-order valence-electron chi connectivity index (χ2n) is 7.38. The Hall–Kier alpha value is -2.69. The lowest BCUT2D eigenvalue weighted by Crippen LogP contribution is -2.63. The van der Waals surface area contributed by atoms with Crippen LogP contribution in [0.2, 0.25) is 0 Å². The molecule has 1 N–H and O–H groups in total. The molecule has 0 spiro atoms. The number of alkyl carbamates (subject to hydrolysis) is 1. The molecule has 0 aromatic heterocycles. The van der Waals surface area contributed by atoms with Crippen molar-refractivity contribution in [2.24, 2.45) is 5.92 Å². The van der Waals surface area contributed by atoms with Gasteiger partial charge in [0.25, 0.3) is 0 Å². The topological polar surface area (TPSA) is 120 Å². The van der Waals surface area contributed by atoms with Gasteiger partial charge in [-0.3, -0.25) is 9.59 Å². The summed E-state index contributed by atoms with van der Waals surface area (Å²) in [5.41, 5.74) is 0. The van der Waals surface area contributed by atoms with Crippen LogP contribution in [-0.4, -0.2) is 78.2 Å². The molecule has 3 radical (unpaired) electrons. The van der Waals surface area contributed by atoms with Gasteiger partial charge in [0.05, 0.1) is 24.4 Å². The van der Waals surface area contributed by atoms with E-state index < -0.39 is 36.3 Å². The van der Waals surface area contributed by atoms with Gasteiger partial charge in [0.15, 0.2) is 0 Å². The number of hydrogen-bond acceptors (Lipinski definition) is 9. The van der Waals surface area contributed by atoms with E-state index in [4.69, 9.17) is 25.9 Å². The molecule has 2 rings (SSSR count). The van der Waals surface area contributed by atoms with Gasteiger partial charge >= 0.3 is 18.2 Å². The largest absolute Gasteiger partial charge is 0.508 e. The van der Waals surface area contributed by atoms with Gasteiger partial charge in [-0.25, -0.2) is 9.59 Å². The Morgan fingerprint density at radius 3 is 2.61 bits per heavy atom. The highest BCUT2D eigenvalue weighted by Crippen LogP contribution is 2.50. The van der Waals surface area contributed by atoms with Gasteiger partial charge in [0, 0.05) is 18.7 Å². The van der Waals surface area contributed by atoms with Crippen LogP contribution < -0.4 is 5.32 Å². The van der Waals surface area contributed by atoms with Crippen molar-refractivity contribution in [3.8, 4) is 0 Å². The number of hydrogen-bond donors (Lipinski definition) is 1. The maximum atomic E-state index is 12.5. The van der Waals surface area contributed by atoms with Crippen molar-refractivity contribution in [3.63, 3.8) is 0 Å². The quantitative estimate of drug-likeness (QED) is 0.139. The number of ether oxygens (including phenoxy) is 4. The fraction of sp³-hybridized carbons (Fsp3) is 0.591. The van der Waals surface area contributed by atoms with Crippen molar-refractivity contribution in [3.05, 3.63) is 32.2 Å². The first-order valence-electron chi connectivity index (χ1n) is 10.6. The van der Waals surface area contributed by atoms with E-state index in [0.29, 0.717) is 12.8 Å². The van der Waals surface area contributed by atoms with Crippen LogP contribution in [0.3, 0.4) is 0 Å². The van der Waals surface area contributed by atoms with Gasteiger partial charge in [-0.1, -0.05) is 25.3 Å². The maximum absolute atomic E-state index is 12.5. The molecule has 11 heteroatoms. The maximum Gasteiger partial charge on any atom is 0.508 e. The van der Waals surface area contributed by atoms with Gasteiger partial charge in [-0.2, -0.15) is 0 Å². The Morgan fingerprint density at radius 1 is 1.21 bits per heavy atom. The molecule has 2 aliphatic heterocycles. The number of carbonyl (C=O) groups excluding carboxylic acids is 4. The standard InChI is InChI=1S/C22H29N2O8S/c1-5-11-30-21(27)23-10-9-17(25)29-13-7-8-16-14(3)24-19(26)18(20(24)33-16)15(4)32-22(28)31-12-6-2/h5-6,14-16,18,20H,1-2,7-13H2,4H3,(H,23,27)/t14?,15-,16?,18+,20-/m1/s1. The number of esters is 1. The van der Waals surface area contributed by atoms with Gasteiger partial charge in [-0.15, -0.1) is 11.8 Å². The molecule has 0 bridgehead atoms. The second kappa shape index (κ2) is 13.1. The molecule has 5 atom stereocenters. The SMILES string of the molecule is [C]C1C(CCCOC(=O)CCNC(=O)OCC=C)S[C@@H]2[C@@H]([C@@H](C)OC(=O)OCC=C)C(=O)N12. The average molecular weight is 482 g/mol. The van der Waals surface area contributed by atoms with Crippen LogP contribution in [0.1, 0.15) is 26.2 Å². The molecule has 0 aromatic rings. The molecular formula is C22H29N2O8S. The third kappa shape index (κ3) is 7.41. The lowest BCUT2D eigenvalue weighted by Gasteiger charge is -2.45. The van der Waals surface area contributed by atoms with Gasteiger partial charge in [0.1, 0.15) is 25.2 Å². The molecule has 0 aromatic carbocycles. The number of thioether (sulfide) groups is 1. The predicted octanol–water partition coefficient (Wildman–Crippen LogP) is 2.20. The van der Waals surface area contributed by atoms with E-state index in [-0.39, 0.29) is 49.3 Å². The third-order valence-electron chi connectivity index (χ3n) is 5.02. The minimum Gasteiger partial charge on any atom is -0.466 e. The van der Waals surface area contributed by atoms with Crippen molar-refractivity contribution in [2.45, 2.75) is 49.0 Å². The molecule has 2 amide bonds. The van der Waals surface area contributed by atoms with Crippen molar-refractivity contribution >= 4 is 35.9 Å². The zero-order valence-corrected chi connectivity index (χ0v) is 19.3. The van der Waals surface area contributed by atoms with E-state index in [1.54, 1.807) is 6.92 Å². The molecule has 2 fully saturated rings. The number of β-lactam (4-membered cyclic amide) rings is 1. The van der Waals surface area contributed by atoms with Crippen LogP contribution >= 0.6 is 11.8 Å². The number of carbonyl (C=O) groups is 4. The average Bonchev–Trinajstić information content (AvgIpc) is 3.04. The van der Waals surface area contributed by atoms with Crippen molar-refractivity contribution in [1.29, 1.82) is 0 Å². The molecule has 0 saturated carbocycles. The highest BCUT2D eigenvalue weighted by molar-refractivity contribution is 8.01. The normalized spacial score (nSPS) is 24.1. The van der Waals surface area contributed by atoms with E-state index in [0.717, 1.165) is 0 Å². The van der Waals surface area contributed by atoms with E-state index in [2.05, 4.69) is 18.5 Å². The minimum absolute atomic E-state index is 0.0155. The van der Waals surface area contributed by atoms with Crippen molar-refractivity contribution in [1.82, 2.24) is 10.2 Å². The first kappa shape index (κ1) is 26.6. The smallest absolute Gasteiger partial charge is 0.466 e. The summed E-state index contributed by atoms with van der Waals surface area (Å²) in [4.78, 5) is 48.6. The first-order chi connectivity index (χ1) is 15.8. The summed E-state index contributed by atoms with van der Waals surface area (Å²) >= 11 is 1.50. The summed E-state index contributed by atoms with van der Waals surface area (Å²) in [6.07, 6.45) is 1.83. The molecule has 2 unspecified atom stereocenters. The summed E-state index contributed by atoms with van der Waals surface area (Å²) in [6, 6.07) is -0.704. The van der Waals surface area contributed by atoms with Crippen LogP contribution in [0.15, 0.2) is 25.3 Å².